The Morgan fingerprint density at radius 3 is 2.44 bits per heavy atom. The molecule has 0 radical (unpaired) electrons. The van der Waals surface area contributed by atoms with Crippen LogP contribution in [-0.4, -0.2) is 4.98 Å². The van der Waals surface area contributed by atoms with E-state index in [0.29, 0.717) is 22.6 Å². The van der Waals surface area contributed by atoms with Crippen LogP contribution < -0.4 is 10.5 Å². The van der Waals surface area contributed by atoms with E-state index in [9.17, 15) is 0 Å². The van der Waals surface area contributed by atoms with Crippen LogP contribution in [0.5, 0.6) is 11.6 Å². The summed E-state index contributed by atoms with van der Waals surface area (Å²) in [6.45, 7) is 0. The highest BCUT2D eigenvalue weighted by Gasteiger charge is 2.05. The maximum Gasteiger partial charge on any atom is 0.220 e. The number of nitriles is 2. The molecule has 5 nitrogen and oxygen atoms in total. The zero-order chi connectivity index (χ0) is 13.0. The average molecular weight is 236 g/mol. The second-order valence-corrected chi connectivity index (χ2v) is 3.46. The van der Waals surface area contributed by atoms with Gasteiger partial charge in [0.05, 0.1) is 29.0 Å². The van der Waals surface area contributed by atoms with E-state index in [1.807, 2.05) is 12.1 Å². The third kappa shape index (κ3) is 2.37. The summed E-state index contributed by atoms with van der Waals surface area (Å²) in [6, 6.07) is 11.8. The normalized spacial score (nSPS) is 9.22. The lowest BCUT2D eigenvalue weighted by molar-refractivity contribution is 0.465. The van der Waals surface area contributed by atoms with Crippen molar-refractivity contribution in [3.63, 3.8) is 0 Å². The van der Waals surface area contributed by atoms with Gasteiger partial charge in [0.2, 0.25) is 5.88 Å². The molecule has 0 aliphatic rings. The minimum Gasteiger partial charge on any atom is -0.437 e. The summed E-state index contributed by atoms with van der Waals surface area (Å²) in [4.78, 5) is 3.97. The molecule has 1 heterocycles. The first kappa shape index (κ1) is 11.4. The summed E-state index contributed by atoms with van der Waals surface area (Å²) in [5, 5.41) is 17.5. The molecule has 0 saturated heterocycles. The van der Waals surface area contributed by atoms with Crippen molar-refractivity contribution >= 4 is 5.69 Å². The summed E-state index contributed by atoms with van der Waals surface area (Å²) in [5.74, 6) is 0.682. The van der Waals surface area contributed by atoms with Gasteiger partial charge in [-0.05, 0) is 24.3 Å². The molecular formula is C13H8N4O. The van der Waals surface area contributed by atoms with Gasteiger partial charge in [0.15, 0.2) is 5.75 Å². The summed E-state index contributed by atoms with van der Waals surface area (Å²) in [6.07, 6.45) is 1.48. The van der Waals surface area contributed by atoms with Crippen LogP contribution in [0.15, 0.2) is 36.5 Å². The third-order valence-electron chi connectivity index (χ3n) is 2.22. The molecular weight excluding hydrogens is 228 g/mol. The quantitative estimate of drug-likeness (QED) is 0.806. The molecule has 0 amide bonds. The van der Waals surface area contributed by atoms with E-state index in [1.165, 1.54) is 18.3 Å². The lowest BCUT2D eigenvalue weighted by Gasteiger charge is -2.07. The molecule has 5 heteroatoms. The molecule has 1 aromatic carbocycles. The number of ether oxygens (including phenoxy) is 1. The number of hydrogen-bond donors (Lipinski definition) is 1. The second-order valence-electron chi connectivity index (χ2n) is 3.46. The maximum absolute atomic E-state index is 8.76. The SMILES string of the molecule is N#Cc1ccnc(Oc2ccc(C#N)cc2N)c1. The second kappa shape index (κ2) is 4.86. The highest BCUT2D eigenvalue weighted by molar-refractivity contribution is 5.57. The van der Waals surface area contributed by atoms with Crippen molar-refractivity contribution in [1.29, 1.82) is 10.5 Å². The largest absolute Gasteiger partial charge is 0.437 e. The summed E-state index contributed by atoms with van der Waals surface area (Å²) in [7, 11) is 0. The molecule has 0 aliphatic heterocycles. The minimum absolute atomic E-state index is 0.283. The van der Waals surface area contributed by atoms with Crippen molar-refractivity contribution in [3.05, 3.63) is 47.7 Å². The highest BCUT2D eigenvalue weighted by Crippen LogP contribution is 2.27. The fraction of sp³-hybridized carbons (Fsp3) is 0. The summed E-state index contributed by atoms with van der Waals surface area (Å²) in [5.41, 5.74) is 7.00. The Morgan fingerprint density at radius 2 is 1.78 bits per heavy atom. The number of pyridine rings is 1. The van der Waals surface area contributed by atoms with E-state index < -0.39 is 0 Å². The van der Waals surface area contributed by atoms with Gasteiger partial charge in [-0.25, -0.2) is 4.98 Å². The van der Waals surface area contributed by atoms with E-state index in [0.717, 1.165) is 0 Å². The molecule has 0 aliphatic carbocycles. The number of nitrogens with two attached hydrogens (primary N) is 1. The van der Waals surface area contributed by atoms with E-state index in [-0.39, 0.29) is 5.88 Å². The van der Waals surface area contributed by atoms with Crippen molar-refractivity contribution < 1.29 is 4.74 Å². The van der Waals surface area contributed by atoms with Gasteiger partial charge in [-0.1, -0.05) is 0 Å². The van der Waals surface area contributed by atoms with E-state index >= 15 is 0 Å². The maximum atomic E-state index is 8.76. The van der Waals surface area contributed by atoms with Crippen LogP contribution in [0.4, 0.5) is 5.69 Å². The van der Waals surface area contributed by atoms with Gasteiger partial charge in [-0.3, -0.25) is 0 Å². The number of nitrogen functional groups attached to an aromatic ring is 1. The van der Waals surface area contributed by atoms with Crippen molar-refractivity contribution in [3.8, 4) is 23.8 Å². The Kier molecular flexibility index (Phi) is 3.08. The Morgan fingerprint density at radius 1 is 1.06 bits per heavy atom. The van der Waals surface area contributed by atoms with Crippen molar-refractivity contribution in [2.75, 3.05) is 5.73 Å². The first-order valence-electron chi connectivity index (χ1n) is 5.06. The van der Waals surface area contributed by atoms with E-state index in [1.54, 1.807) is 18.2 Å². The summed E-state index contributed by atoms with van der Waals surface area (Å²) >= 11 is 0. The van der Waals surface area contributed by atoms with Gasteiger partial charge < -0.3 is 10.5 Å². The van der Waals surface area contributed by atoms with Crippen LogP contribution in [0.25, 0.3) is 0 Å². The zero-order valence-electron chi connectivity index (χ0n) is 9.29. The monoisotopic (exact) mass is 236 g/mol. The van der Waals surface area contributed by atoms with Crippen LogP contribution in [-0.2, 0) is 0 Å². The number of hydrogen-bond acceptors (Lipinski definition) is 5. The van der Waals surface area contributed by atoms with Crippen LogP contribution >= 0.6 is 0 Å². The molecule has 0 spiro atoms. The molecule has 2 N–H and O–H groups in total. The Bertz CT molecular complexity index is 667. The Balaban J connectivity index is 2.29. The Labute approximate surface area is 104 Å². The van der Waals surface area contributed by atoms with Crippen LogP contribution in [0, 0.1) is 22.7 Å². The van der Waals surface area contributed by atoms with E-state index in [2.05, 4.69) is 4.98 Å². The molecule has 0 bridgehead atoms. The molecule has 0 atom stereocenters. The van der Waals surface area contributed by atoms with Gasteiger partial charge in [0.1, 0.15) is 0 Å². The van der Waals surface area contributed by atoms with Crippen LogP contribution in [0.1, 0.15) is 11.1 Å². The smallest absolute Gasteiger partial charge is 0.220 e. The standard InChI is InChI=1S/C13H8N4O/c14-7-9-1-2-12(11(16)5-9)18-13-6-10(8-15)3-4-17-13/h1-6H,16H2. The van der Waals surface area contributed by atoms with Gasteiger partial charge in [-0.2, -0.15) is 10.5 Å². The summed E-state index contributed by atoms with van der Waals surface area (Å²) < 4.78 is 5.45. The molecule has 1 aromatic heterocycles. The predicted octanol–water partition coefficient (Wildman–Crippen LogP) is 2.20. The van der Waals surface area contributed by atoms with Crippen LogP contribution in [0.2, 0.25) is 0 Å². The van der Waals surface area contributed by atoms with Gasteiger partial charge in [-0.15, -0.1) is 0 Å². The minimum atomic E-state index is 0.283. The lowest BCUT2D eigenvalue weighted by Crippen LogP contribution is -1.94. The van der Waals surface area contributed by atoms with E-state index in [4.69, 9.17) is 21.0 Å². The van der Waals surface area contributed by atoms with Crippen LogP contribution in [0.3, 0.4) is 0 Å². The molecule has 0 fully saturated rings. The molecule has 18 heavy (non-hydrogen) atoms. The fourth-order valence-corrected chi connectivity index (χ4v) is 1.36. The average Bonchev–Trinajstić information content (AvgIpc) is 2.41. The van der Waals surface area contributed by atoms with Gasteiger partial charge >= 0.3 is 0 Å². The first-order chi connectivity index (χ1) is 8.72. The van der Waals surface area contributed by atoms with Crippen molar-refractivity contribution in [1.82, 2.24) is 4.98 Å². The molecule has 2 rings (SSSR count). The van der Waals surface area contributed by atoms with Gasteiger partial charge in [0, 0.05) is 12.3 Å². The highest BCUT2D eigenvalue weighted by atomic mass is 16.5. The fourth-order valence-electron chi connectivity index (χ4n) is 1.36. The number of nitrogens with zero attached hydrogens (tertiary/aromatic N) is 3. The predicted molar refractivity (Wildman–Crippen MR) is 64.6 cm³/mol. The molecule has 0 unspecified atom stereocenters. The van der Waals surface area contributed by atoms with Crippen molar-refractivity contribution in [2.45, 2.75) is 0 Å². The van der Waals surface area contributed by atoms with Gasteiger partial charge in [0.25, 0.3) is 0 Å². The van der Waals surface area contributed by atoms with Crippen molar-refractivity contribution in [2.24, 2.45) is 0 Å². The topological polar surface area (TPSA) is 95.7 Å². The number of benzene rings is 1. The molecule has 2 aromatic rings. The Hall–Kier alpha value is -3.05. The third-order valence-corrected chi connectivity index (χ3v) is 2.22. The molecule has 0 saturated carbocycles. The first-order valence-corrected chi connectivity index (χ1v) is 5.06. The molecule has 86 valence electrons. The number of aromatic nitrogens is 1. The lowest BCUT2D eigenvalue weighted by atomic mass is 10.2. The number of anilines is 1. The number of rotatable bonds is 2. The zero-order valence-corrected chi connectivity index (χ0v) is 9.29.